The minimum absolute atomic E-state index is 0.0321. The van der Waals surface area contributed by atoms with E-state index in [-0.39, 0.29) is 23.5 Å². The number of allylic oxidation sites excluding steroid dienone is 1. The van der Waals surface area contributed by atoms with Crippen LogP contribution in [0.4, 0.5) is 4.79 Å². The number of rotatable bonds is 9. The van der Waals surface area contributed by atoms with E-state index < -0.39 is 6.09 Å². The van der Waals surface area contributed by atoms with Gasteiger partial charge in [0.25, 0.3) is 0 Å². The summed E-state index contributed by atoms with van der Waals surface area (Å²) in [4.78, 5) is 26.5. The molecule has 0 spiro atoms. The zero-order chi connectivity index (χ0) is 28.1. The summed E-state index contributed by atoms with van der Waals surface area (Å²) in [6.45, 7) is 2.45. The van der Waals surface area contributed by atoms with Crippen LogP contribution in [0.2, 0.25) is 0 Å². The van der Waals surface area contributed by atoms with Crippen molar-refractivity contribution in [3.8, 4) is 23.0 Å². The topological polar surface area (TPSA) is 99.5 Å². The Morgan fingerprint density at radius 3 is 2.33 bits per heavy atom. The molecule has 1 N–H and O–H groups in total. The van der Waals surface area contributed by atoms with E-state index in [1.54, 1.807) is 45.7 Å². The van der Waals surface area contributed by atoms with E-state index in [2.05, 4.69) is 18.3 Å². The molecule has 2 unspecified atom stereocenters. The fraction of sp³-hybridized carbons (Fsp3) is 0.333. The van der Waals surface area contributed by atoms with E-state index in [9.17, 15) is 9.59 Å². The second-order valence-electron chi connectivity index (χ2n) is 9.53. The summed E-state index contributed by atoms with van der Waals surface area (Å²) in [5.41, 5.74) is 3.98. The Balaban J connectivity index is 1.67. The highest BCUT2D eigenvalue weighted by Crippen LogP contribution is 2.50. The first-order chi connectivity index (χ1) is 18.7. The van der Waals surface area contributed by atoms with Gasteiger partial charge in [0.15, 0.2) is 11.5 Å². The first-order valence-corrected chi connectivity index (χ1v) is 12.6. The standard InChI is InChI=1S/C30H34N2O7/c1-18-23(12-19-13-26(36-5)29(27(14-19)37-6)39-30(34)32(2)3)22-10-9-20(35-4)15-25(22)24(18)16-28(33)31-17-21-8-7-11-38-21/h7-15,18,24H,16-17H2,1-6H3,(H,31,33). The Labute approximate surface area is 228 Å². The van der Waals surface area contributed by atoms with Gasteiger partial charge in [-0.05, 0) is 70.5 Å². The number of nitrogens with one attached hydrogen (secondary N) is 1. The van der Waals surface area contributed by atoms with Gasteiger partial charge in [-0.1, -0.05) is 19.1 Å². The molecule has 39 heavy (non-hydrogen) atoms. The number of carbonyl (C=O) groups is 2. The van der Waals surface area contributed by atoms with Gasteiger partial charge in [0, 0.05) is 20.5 Å². The van der Waals surface area contributed by atoms with Crippen LogP contribution >= 0.6 is 0 Å². The molecule has 1 aliphatic carbocycles. The van der Waals surface area contributed by atoms with Gasteiger partial charge in [0.2, 0.25) is 11.7 Å². The maximum atomic E-state index is 12.9. The number of benzene rings is 2. The van der Waals surface area contributed by atoms with Crippen molar-refractivity contribution in [1.82, 2.24) is 10.2 Å². The van der Waals surface area contributed by atoms with Gasteiger partial charge >= 0.3 is 6.09 Å². The molecule has 0 saturated heterocycles. The molecule has 0 fully saturated rings. The van der Waals surface area contributed by atoms with E-state index in [1.165, 1.54) is 19.1 Å². The molecule has 9 nitrogen and oxygen atoms in total. The third-order valence-corrected chi connectivity index (χ3v) is 6.87. The third-order valence-electron chi connectivity index (χ3n) is 6.87. The summed E-state index contributed by atoms with van der Waals surface area (Å²) in [5.74, 6) is 2.29. The number of amides is 2. The van der Waals surface area contributed by atoms with Crippen molar-refractivity contribution in [3.63, 3.8) is 0 Å². The van der Waals surface area contributed by atoms with Crippen LogP contribution in [0.25, 0.3) is 11.6 Å². The highest BCUT2D eigenvalue weighted by atomic mass is 16.6. The van der Waals surface area contributed by atoms with Crippen LogP contribution in [-0.4, -0.2) is 52.3 Å². The normalized spacial score (nSPS) is 16.9. The zero-order valence-corrected chi connectivity index (χ0v) is 23.1. The number of methoxy groups -OCH3 is 3. The number of furan rings is 1. The summed E-state index contributed by atoms with van der Waals surface area (Å²) in [5, 5.41) is 2.95. The number of hydrogen-bond acceptors (Lipinski definition) is 7. The van der Waals surface area contributed by atoms with Crippen LogP contribution < -0.4 is 24.3 Å². The molecule has 2 aromatic carbocycles. The lowest BCUT2D eigenvalue weighted by Gasteiger charge is -2.18. The second-order valence-corrected chi connectivity index (χ2v) is 9.53. The number of nitrogens with zero attached hydrogens (tertiary/aromatic N) is 1. The predicted molar refractivity (Wildman–Crippen MR) is 147 cm³/mol. The predicted octanol–water partition coefficient (Wildman–Crippen LogP) is 5.35. The molecule has 0 aliphatic heterocycles. The lowest BCUT2D eigenvalue weighted by Crippen LogP contribution is -2.25. The molecule has 4 rings (SSSR count). The molecule has 9 heteroatoms. The van der Waals surface area contributed by atoms with Gasteiger partial charge in [0.1, 0.15) is 11.5 Å². The molecule has 2 atom stereocenters. The van der Waals surface area contributed by atoms with Crippen molar-refractivity contribution in [2.45, 2.75) is 25.8 Å². The molecule has 1 heterocycles. The summed E-state index contributed by atoms with van der Waals surface area (Å²) in [7, 11) is 7.85. The van der Waals surface area contributed by atoms with Crippen LogP contribution in [-0.2, 0) is 11.3 Å². The van der Waals surface area contributed by atoms with Crippen molar-refractivity contribution in [3.05, 3.63) is 71.2 Å². The van der Waals surface area contributed by atoms with Crippen molar-refractivity contribution in [1.29, 1.82) is 0 Å². The summed E-state index contributed by atoms with van der Waals surface area (Å²) in [6, 6.07) is 13.2. The van der Waals surface area contributed by atoms with Gasteiger partial charge < -0.3 is 33.6 Å². The first kappa shape index (κ1) is 27.6. The lowest BCUT2D eigenvalue weighted by molar-refractivity contribution is -0.121. The van der Waals surface area contributed by atoms with Gasteiger partial charge in [-0.15, -0.1) is 0 Å². The van der Waals surface area contributed by atoms with E-state index in [1.807, 2.05) is 24.3 Å². The van der Waals surface area contributed by atoms with Gasteiger partial charge in [-0.3, -0.25) is 4.79 Å². The first-order valence-electron chi connectivity index (χ1n) is 12.6. The van der Waals surface area contributed by atoms with Gasteiger partial charge in [-0.25, -0.2) is 4.79 Å². The average Bonchev–Trinajstić information content (AvgIpc) is 3.54. The molecule has 206 valence electrons. The van der Waals surface area contributed by atoms with Gasteiger partial charge in [0.05, 0.1) is 34.1 Å². The molecular weight excluding hydrogens is 500 g/mol. The Hall–Kier alpha value is -4.40. The number of hydrogen-bond donors (Lipinski definition) is 1. The molecule has 1 aliphatic rings. The average molecular weight is 535 g/mol. The lowest BCUT2D eigenvalue weighted by atomic mass is 9.88. The third kappa shape index (κ3) is 6.03. The fourth-order valence-electron chi connectivity index (χ4n) is 4.78. The van der Waals surface area contributed by atoms with Crippen molar-refractivity contribution in [2.24, 2.45) is 5.92 Å². The maximum absolute atomic E-state index is 12.9. The van der Waals surface area contributed by atoms with Crippen LogP contribution in [0.1, 0.15) is 41.7 Å². The largest absolute Gasteiger partial charge is 0.497 e. The molecule has 3 aromatic rings. The van der Waals surface area contributed by atoms with Crippen molar-refractivity contribution in [2.75, 3.05) is 35.4 Å². The minimum Gasteiger partial charge on any atom is -0.497 e. The quantitative estimate of drug-likeness (QED) is 0.395. The Morgan fingerprint density at radius 2 is 1.74 bits per heavy atom. The molecule has 0 radical (unpaired) electrons. The van der Waals surface area contributed by atoms with Gasteiger partial charge in [-0.2, -0.15) is 0 Å². The highest BCUT2D eigenvalue weighted by molar-refractivity contribution is 5.90. The summed E-state index contributed by atoms with van der Waals surface area (Å²) >= 11 is 0. The van der Waals surface area contributed by atoms with Crippen LogP contribution in [0, 0.1) is 5.92 Å². The SMILES string of the molecule is COc1ccc2c(c1)C(CC(=O)NCc1ccco1)C(C)C2=Cc1cc(OC)c(OC(=O)N(C)C)c(OC)c1. The monoisotopic (exact) mass is 534 g/mol. The maximum Gasteiger partial charge on any atom is 0.414 e. The van der Waals surface area contributed by atoms with E-state index in [0.717, 1.165) is 28.0 Å². The van der Waals surface area contributed by atoms with Crippen molar-refractivity contribution >= 4 is 23.6 Å². The van der Waals surface area contributed by atoms with Crippen LogP contribution in [0.5, 0.6) is 23.0 Å². The summed E-state index contributed by atoms with van der Waals surface area (Å²) in [6.07, 6.45) is 3.41. The van der Waals surface area contributed by atoms with E-state index >= 15 is 0 Å². The highest BCUT2D eigenvalue weighted by Gasteiger charge is 2.35. The van der Waals surface area contributed by atoms with E-state index in [0.29, 0.717) is 30.2 Å². The zero-order valence-electron chi connectivity index (χ0n) is 23.1. The number of carbonyl (C=O) groups excluding carboxylic acids is 2. The molecule has 1 aromatic heterocycles. The Bertz CT molecular complexity index is 1340. The van der Waals surface area contributed by atoms with Crippen LogP contribution in [0.15, 0.2) is 53.1 Å². The second kappa shape index (κ2) is 12.0. The molecular formula is C30H34N2O7. The Kier molecular flexibility index (Phi) is 8.49. The van der Waals surface area contributed by atoms with Crippen LogP contribution in [0.3, 0.4) is 0 Å². The molecule has 2 amide bonds. The smallest absolute Gasteiger partial charge is 0.414 e. The number of fused-ring (bicyclic) bond motifs is 1. The molecule has 0 bridgehead atoms. The fourth-order valence-corrected chi connectivity index (χ4v) is 4.78. The molecule has 0 saturated carbocycles. The van der Waals surface area contributed by atoms with E-state index in [4.69, 9.17) is 23.4 Å². The minimum atomic E-state index is -0.543. The summed E-state index contributed by atoms with van der Waals surface area (Å²) < 4.78 is 27.4. The number of ether oxygens (including phenoxy) is 4. The van der Waals surface area contributed by atoms with Crippen molar-refractivity contribution < 1.29 is 33.0 Å². The Morgan fingerprint density at radius 1 is 1.03 bits per heavy atom.